The first kappa shape index (κ1) is 18.3. The van der Waals surface area contributed by atoms with E-state index in [9.17, 15) is 13.6 Å². The number of carbonyl (C=O) groups is 1. The molecule has 10 heteroatoms. The predicted molar refractivity (Wildman–Crippen MR) is 103 cm³/mol. The van der Waals surface area contributed by atoms with E-state index >= 15 is 0 Å². The average Bonchev–Trinajstić information content (AvgIpc) is 3.28. The number of hydrogen-bond donors (Lipinski definition) is 2. The van der Waals surface area contributed by atoms with Gasteiger partial charge in [-0.25, -0.2) is 4.98 Å². The summed E-state index contributed by atoms with van der Waals surface area (Å²) >= 11 is 7.02. The topological polar surface area (TPSA) is 79.9 Å². The number of anilines is 1. The molecule has 0 saturated heterocycles. The van der Waals surface area contributed by atoms with E-state index in [0.29, 0.717) is 26.1 Å². The van der Waals surface area contributed by atoms with Crippen molar-refractivity contribution < 1.29 is 18.3 Å². The first-order chi connectivity index (χ1) is 13.5. The maximum Gasteiger partial charge on any atom is 0.387 e. The van der Waals surface area contributed by atoms with Crippen molar-refractivity contribution in [2.24, 2.45) is 0 Å². The lowest BCUT2D eigenvalue weighted by atomic mass is 10.1. The minimum absolute atomic E-state index is 0.0326. The first-order valence-electron chi connectivity index (χ1n) is 7.96. The summed E-state index contributed by atoms with van der Waals surface area (Å²) in [6, 6.07) is 13.1. The number of thiazole rings is 1. The largest absolute Gasteiger partial charge is 0.435 e. The molecule has 28 heavy (non-hydrogen) atoms. The van der Waals surface area contributed by atoms with Gasteiger partial charge in [-0.2, -0.15) is 13.9 Å². The Morgan fingerprint density at radius 1 is 1.18 bits per heavy atom. The molecule has 0 atom stereocenters. The van der Waals surface area contributed by atoms with Crippen molar-refractivity contribution >= 4 is 44.2 Å². The molecule has 2 aromatic carbocycles. The van der Waals surface area contributed by atoms with Crippen molar-refractivity contribution in [3.63, 3.8) is 0 Å². The number of nitrogens with one attached hydrogen (secondary N) is 2. The predicted octanol–water partition coefficient (Wildman–Crippen LogP) is 5.19. The van der Waals surface area contributed by atoms with E-state index in [1.807, 2.05) is 0 Å². The minimum Gasteiger partial charge on any atom is -0.435 e. The summed E-state index contributed by atoms with van der Waals surface area (Å²) in [4.78, 5) is 16.7. The highest BCUT2D eigenvalue weighted by atomic mass is 35.5. The monoisotopic (exact) mass is 420 g/mol. The molecule has 0 unspecified atom stereocenters. The number of nitrogens with zero attached hydrogens (tertiary/aromatic N) is 2. The van der Waals surface area contributed by atoms with Crippen molar-refractivity contribution in [2.45, 2.75) is 6.61 Å². The highest BCUT2D eigenvalue weighted by Gasteiger charge is 2.14. The van der Waals surface area contributed by atoms with Crippen molar-refractivity contribution in [1.82, 2.24) is 15.2 Å². The average molecular weight is 421 g/mol. The van der Waals surface area contributed by atoms with Crippen LogP contribution in [-0.2, 0) is 0 Å². The normalized spacial score (nSPS) is 11.1. The molecule has 2 N–H and O–H groups in total. The number of aromatic nitrogens is 3. The Morgan fingerprint density at radius 3 is 2.71 bits per heavy atom. The number of aromatic amines is 1. The van der Waals surface area contributed by atoms with Crippen molar-refractivity contribution in [1.29, 1.82) is 0 Å². The highest BCUT2D eigenvalue weighted by molar-refractivity contribution is 7.22. The Balaban J connectivity index is 1.51. The molecule has 0 aliphatic heterocycles. The molecule has 0 fully saturated rings. The van der Waals surface area contributed by atoms with Gasteiger partial charge in [-0.3, -0.25) is 15.2 Å². The Labute approximate surface area is 166 Å². The van der Waals surface area contributed by atoms with Gasteiger partial charge in [0.05, 0.1) is 15.9 Å². The van der Waals surface area contributed by atoms with E-state index in [2.05, 4.69) is 25.2 Å². The van der Waals surface area contributed by atoms with Gasteiger partial charge in [-0.05, 0) is 36.4 Å². The molecule has 6 nitrogen and oxygen atoms in total. The number of benzene rings is 2. The van der Waals surface area contributed by atoms with Crippen LogP contribution in [0.3, 0.4) is 0 Å². The van der Waals surface area contributed by atoms with E-state index in [1.165, 1.54) is 12.1 Å². The number of hydrogen-bond acceptors (Lipinski definition) is 5. The van der Waals surface area contributed by atoms with Gasteiger partial charge < -0.3 is 4.74 Å². The Bertz CT molecular complexity index is 1140. The molecular weight excluding hydrogens is 410 g/mol. The number of alkyl halides is 2. The van der Waals surface area contributed by atoms with Crippen LogP contribution >= 0.6 is 22.9 Å². The smallest absolute Gasteiger partial charge is 0.387 e. The van der Waals surface area contributed by atoms with E-state index in [1.54, 1.807) is 36.4 Å². The van der Waals surface area contributed by atoms with Crippen LogP contribution in [0.25, 0.3) is 21.5 Å². The Morgan fingerprint density at radius 2 is 1.96 bits per heavy atom. The molecule has 0 spiro atoms. The van der Waals surface area contributed by atoms with E-state index < -0.39 is 12.5 Å². The van der Waals surface area contributed by atoms with Gasteiger partial charge in [0.1, 0.15) is 11.4 Å². The minimum atomic E-state index is -2.90. The summed E-state index contributed by atoms with van der Waals surface area (Å²) in [7, 11) is 0. The molecule has 0 aliphatic rings. The Hall–Kier alpha value is -3.04. The van der Waals surface area contributed by atoms with Gasteiger partial charge in [-0.1, -0.05) is 35.1 Å². The number of amides is 1. The van der Waals surface area contributed by atoms with Gasteiger partial charge >= 0.3 is 6.61 Å². The van der Waals surface area contributed by atoms with Gasteiger partial charge in [0.2, 0.25) is 0 Å². The molecule has 0 aliphatic carbocycles. The number of ether oxygens (including phenoxy) is 1. The molecule has 0 saturated carbocycles. The van der Waals surface area contributed by atoms with E-state index in [-0.39, 0.29) is 11.4 Å². The summed E-state index contributed by atoms with van der Waals surface area (Å²) in [6.45, 7) is -2.90. The molecule has 0 radical (unpaired) electrons. The fraction of sp³-hybridized carbons (Fsp3) is 0.0556. The molecule has 142 valence electrons. The second-order valence-electron chi connectivity index (χ2n) is 5.65. The lowest BCUT2D eigenvalue weighted by molar-refractivity contribution is -0.0497. The summed E-state index contributed by atoms with van der Waals surface area (Å²) in [5, 5.41) is 10.4. The number of carbonyl (C=O) groups excluding carboxylic acids is 1. The zero-order valence-corrected chi connectivity index (χ0v) is 15.5. The number of H-pyrrole nitrogens is 1. The summed E-state index contributed by atoms with van der Waals surface area (Å²) in [5.74, 6) is -0.388. The molecule has 4 aromatic rings. The van der Waals surface area contributed by atoms with Crippen LogP contribution in [0, 0.1) is 0 Å². The van der Waals surface area contributed by atoms with Crippen molar-refractivity contribution in [3.05, 3.63) is 59.2 Å². The molecule has 4 rings (SSSR count). The van der Waals surface area contributed by atoms with Gasteiger partial charge in [0.15, 0.2) is 5.13 Å². The third kappa shape index (κ3) is 3.95. The van der Waals surface area contributed by atoms with E-state index in [0.717, 1.165) is 16.9 Å². The zero-order chi connectivity index (χ0) is 19.7. The maximum atomic E-state index is 12.4. The molecule has 2 aromatic heterocycles. The van der Waals surface area contributed by atoms with Crippen molar-refractivity contribution in [2.75, 3.05) is 5.32 Å². The van der Waals surface area contributed by atoms with E-state index in [4.69, 9.17) is 11.6 Å². The second kappa shape index (κ2) is 7.53. The van der Waals surface area contributed by atoms with Crippen LogP contribution in [0.15, 0.2) is 48.5 Å². The molecular formula is C18H11ClF2N4O2S. The standard InChI is InChI=1S/C18H11ClF2N4O2S/c19-10-3-1-9(2-4-10)13-8-14(25-24-13)16(26)23-18-22-12-6-5-11(27-17(20)21)7-15(12)28-18/h1-8,17H,(H,24,25)(H,22,23,26). The lowest BCUT2D eigenvalue weighted by Crippen LogP contribution is -2.11. The number of rotatable bonds is 5. The fourth-order valence-corrected chi connectivity index (χ4v) is 3.52. The molecule has 0 bridgehead atoms. The van der Waals surface area contributed by atoms with Gasteiger partial charge in [-0.15, -0.1) is 0 Å². The van der Waals surface area contributed by atoms with Crippen LogP contribution in [0.1, 0.15) is 10.5 Å². The SMILES string of the molecule is O=C(Nc1nc2ccc(OC(F)F)cc2s1)c1cc(-c2ccc(Cl)cc2)n[nH]1. The van der Waals surface area contributed by atoms with Crippen LogP contribution < -0.4 is 10.1 Å². The summed E-state index contributed by atoms with van der Waals surface area (Å²) in [6.07, 6.45) is 0. The first-order valence-corrected chi connectivity index (χ1v) is 9.15. The third-order valence-corrected chi connectivity index (χ3v) is 4.95. The van der Waals surface area contributed by atoms with Crippen LogP contribution in [0.4, 0.5) is 13.9 Å². The number of halogens is 3. The third-order valence-electron chi connectivity index (χ3n) is 3.77. The zero-order valence-electron chi connectivity index (χ0n) is 13.9. The second-order valence-corrected chi connectivity index (χ2v) is 7.12. The molecule has 1 amide bonds. The Kier molecular flexibility index (Phi) is 4.93. The van der Waals surface area contributed by atoms with Crippen molar-refractivity contribution in [3.8, 4) is 17.0 Å². The summed E-state index contributed by atoms with van der Waals surface area (Å²) < 4.78 is 29.6. The maximum absolute atomic E-state index is 12.4. The highest BCUT2D eigenvalue weighted by Crippen LogP contribution is 2.30. The number of fused-ring (bicyclic) bond motifs is 1. The van der Waals surface area contributed by atoms with Crippen LogP contribution in [0.2, 0.25) is 5.02 Å². The van der Waals surface area contributed by atoms with Gasteiger partial charge in [0.25, 0.3) is 5.91 Å². The van der Waals surface area contributed by atoms with Crippen LogP contribution in [-0.4, -0.2) is 27.7 Å². The fourth-order valence-electron chi connectivity index (χ4n) is 2.51. The summed E-state index contributed by atoms with van der Waals surface area (Å²) in [5.41, 5.74) is 2.23. The van der Waals surface area contributed by atoms with Crippen LogP contribution in [0.5, 0.6) is 5.75 Å². The lowest BCUT2D eigenvalue weighted by Gasteiger charge is -2.02. The molecule has 2 heterocycles. The van der Waals surface area contributed by atoms with Gasteiger partial charge in [0, 0.05) is 10.6 Å². The quantitative estimate of drug-likeness (QED) is 0.465.